The average Bonchev–Trinajstić information content (AvgIpc) is 2.93. The Kier molecular flexibility index (Phi) is 11.2. The Morgan fingerprint density at radius 1 is 0.868 bits per heavy atom. The molecule has 1 N–H and O–H groups in total. The Balaban J connectivity index is 2.24. The summed E-state index contributed by atoms with van der Waals surface area (Å²) in [4.78, 5) is 62.5. The molecule has 2 rings (SSSR count). The monoisotopic (exact) mass is 521 g/mol. The van der Waals surface area contributed by atoms with Crippen LogP contribution in [0.15, 0.2) is 48.5 Å². The van der Waals surface area contributed by atoms with Gasteiger partial charge < -0.3 is 14.8 Å². The molecule has 0 aliphatic carbocycles. The molecule has 38 heavy (non-hydrogen) atoms. The predicted molar refractivity (Wildman–Crippen MR) is 138 cm³/mol. The van der Waals surface area contributed by atoms with Crippen LogP contribution < -0.4 is 10.1 Å². The third-order valence-corrected chi connectivity index (χ3v) is 5.58. The van der Waals surface area contributed by atoms with Crippen molar-refractivity contribution in [3.8, 4) is 22.9 Å². The van der Waals surface area contributed by atoms with E-state index in [1.54, 1.807) is 75.4 Å². The summed E-state index contributed by atoms with van der Waals surface area (Å²) in [5.41, 5.74) is 1.84. The first-order chi connectivity index (χ1) is 18.1. The Morgan fingerprint density at radius 2 is 1.42 bits per heavy atom. The van der Waals surface area contributed by atoms with Crippen LogP contribution in [0, 0.1) is 11.3 Å². The average molecular weight is 522 g/mol. The molecule has 0 aromatic heterocycles. The number of esters is 2. The number of amides is 3. The molecule has 3 amide bonds. The second-order valence-corrected chi connectivity index (χ2v) is 8.26. The van der Waals surface area contributed by atoms with Crippen LogP contribution in [0.1, 0.15) is 57.3 Å². The molecule has 0 fully saturated rings. The van der Waals surface area contributed by atoms with Crippen molar-refractivity contribution in [1.29, 1.82) is 5.26 Å². The van der Waals surface area contributed by atoms with E-state index in [-0.39, 0.29) is 30.8 Å². The van der Waals surface area contributed by atoms with Gasteiger partial charge in [0, 0.05) is 24.8 Å². The molecule has 0 radical (unpaired) electrons. The lowest BCUT2D eigenvalue weighted by Crippen LogP contribution is -2.56. The van der Waals surface area contributed by atoms with Gasteiger partial charge in [-0.15, -0.1) is 0 Å². The fourth-order valence-electron chi connectivity index (χ4n) is 3.41. The van der Waals surface area contributed by atoms with Crippen LogP contribution in [0.2, 0.25) is 0 Å². The van der Waals surface area contributed by atoms with Gasteiger partial charge in [-0.25, -0.2) is 0 Å². The van der Waals surface area contributed by atoms with Crippen LogP contribution in [0.4, 0.5) is 0 Å². The fourth-order valence-corrected chi connectivity index (χ4v) is 3.41. The summed E-state index contributed by atoms with van der Waals surface area (Å²) >= 11 is 0. The highest BCUT2D eigenvalue weighted by atomic mass is 16.5. The Bertz CT molecular complexity index is 1200. The fraction of sp³-hybridized carbons (Fsp3) is 0.357. The first-order valence-electron chi connectivity index (χ1n) is 12.3. The van der Waals surface area contributed by atoms with Gasteiger partial charge in [0.05, 0.1) is 6.07 Å². The van der Waals surface area contributed by atoms with E-state index in [1.165, 1.54) is 6.92 Å². The number of rotatable bonds is 11. The number of nitrogens with zero attached hydrogens (tertiary/aromatic N) is 2. The molecule has 200 valence electrons. The van der Waals surface area contributed by atoms with Gasteiger partial charge in [-0.05, 0) is 42.3 Å². The highest BCUT2D eigenvalue weighted by Gasteiger charge is 2.35. The number of benzene rings is 2. The van der Waals surface area contributed by atoms with Crippen LogP contribution in [-0.2, 0) is 23.9 Å². The molecule has 0 saturated heterocycles. The smallest absolute Gasteiger partial charge is 0.310 e. The van der Waals surface area contributed by atoms with E-state index >= 15 is 0 Å². The molecule has 0 aliphatic rings. The maximum absolute atomic E-state index is 13.2. The van der Waals surface area contributed by atoms with Crippen molar-refractivity contribution in [2.45, 2.75) is 59.1 Å². The molecular weight excluding hydrogens is 490 g/mol. The normalized spacial score (nSPS) is 11.9. The minimum atomic E-state index is -1.39. The maximum Gasteiger partial charge on any atom is 0.310 e. The molecule has 0 heterocycles. The zero-order chi connectivity index (χ0) is 28.2. The molecular formula is C28H31N3O7. The number of imide groups is 1. The summed E-state index contributed by atoms with van der Waals surface area (Å²) in [7, 11) is 0. The van der Waals surface area contributed by atoms with Crippen molar-refractivity contribution in [2.75, 3.05) is 6.54 Å². The van der Waals surface area contributed by atoms with Crippen molar-refractivity contribution in [1.82, 2.24) is 10.2 Å². The number of carbonyl (C=O) groups is 5. The highest BCUT2D eigenvalue weighted by Crippen LogP contribution is 2.23. The van der Waals surface area contributed by atoms with Gasteiger partial charge in [0.1, 0.15) is 24.4 Å². The van der Waals surface area contributed by atoms with Crippen molar-refractivity contribution in [3.63, 3.8) is 0 Å². The van der Waals surface area contributed by atoms with Crippen molar-refractivity contribution in [3.05, 3.63) is 54.1 Å². The van der Waals surface area contributed by atoms with Crippen LogP contribution >= 0.6 is 0 Å². The van der Waals surface area contributed by atoms with Crippen LogP contribution in [0.5, 0.6) is 5.75 Å². The summed E-state index contributed by atoms with van der Waals surface area (Å²) in [6.07, 6.45) is -0.800. The van der Waals surface area contributed by atoms with E-state index in [0.717, 1.165) is 16.0 Å². The van der Waals surface area contributed by atoms with E-state index < -0.39 is 42.4 Å². The SMILES string of the molecule is CCC(=O)Oc1ccc(-c2ccc(C(=O)N[C@H](C(=O)N(CC#N)C(=O)CC)[C@@H](C)OC(=O)CC)cc2)cc1. The van der Waals surface area contributed by atoms with Gasteiger partial charge in [0.2, 0.25) is 5.91 Å². The van der Waals surface area contributed by atoms with Gasteiger partial charge in [-0.3, -0.25) is 28.9 Å². The lowest BCUT2D eigenvalue weighted by Gasteiger charge is -2.28. The minimum Gasteiger partial charge on any atom is -0.460 e. The zero-order valence-electron chi connectivity index (χ0n) is 21.9. The van der Waals surface area contributed by atoms with Crippen molar-refractivity contribution >= 4 is 29.7 Å². The van der Waals surface area contributed by atoms with Crippen LogP contribution in [0.3, 0.4) is 0 Å². The predicted octanol–water partition coefficient (Wildman–Crippen LogP) is 3.40. The van der Waals surface area contributed by atoms with Gasteiger partial charge in [0.15, 0.2) is 0 Å². The molecule has 2 atom stereocenters. The molecule has 10 heteroatoms. The third-order valence-electron chi connectivity index (χ3n) is 5.58. The number of carbonyl (C=O) groups excluding carboxylic acids is 5. The third kappa shape index (κ3) is 8.00. The molecule has 0 saturated carbocycles. The van der Waals surface area contributed by atoms with Gasteiger partial charge in [-0.2, -0.15) is 5.26 Å². The second-order valence-electron chi connectivity index (χ2n) is 8.26. The second kappa shape index (κ2) is 14.3. The standard InChI is InChI=1S/C28H31N3O7/c1-5-23(32)31(17-16-29)28(36)26(18(4)37-24(33)6-2)30-27(35)21-10-8-19(9-11-21)20-12-14-22(15-13-20)38-25(34)7-3/h8-15,18,26H,5-7,17H2,1-4H3,(H,30,35)/t18-,26+/m1/s1. The summed E-state index contributed by atoms with van der Waals surface area (Å²) in [5.74, 6) is -2.56. The summed E-state index contributed by atoms with van der Waals surface area (Å²) < 4.78 is 10.4. The summed E-state index contributed by atoms with van der Waals surface area (Å²) in [5, 5.41) is 11.6. The van der Waals surface area contributed by atoms with Crippen LogP contribution in [0.25, 0.3) is 11.1 Å². The van der Waals surface area contributed by atoms with E-state index in [2.05, 4.69) is 5.32 Å². The summed E-state index contributed by atoms with van der Waals surface area (Å²) in [6.45, 7) is 5.76. The first-order valence-corrected chi connectivity index (χ1v) is 12.3. The largest absolute Gasteiger partial charge is 0.460 e. The lowest BCUT2D eigenvalue weighted by atomic mass is 10.0. The Labute approximate surface area is 221 Å². The van der Waals surface area contributed by atoms with Gasteiger partial charge in [-0.1, -0.05) is 45.0 Å². The lowest BCUT2D eigenvalue weighted by molar-refractivity contribution is -0.154. The molecule has 0 aliphatic heterocycles. The summed E-state index contributed by atoms with van der Waals surface area (Å²) in [6, 6.07) is 13.8. The Hall–Kier alpha value is -4.52. The van der Waals surface area contributed by atoms with Crippen molar-refractivity contribution in [2.24, 2.45) is 0 Å². The van der Waals surface area contributed by atoms with Crippen LogP contribution in [-0.4, -0.2) is 53.3 Å². The Morgan fingerprint density at radius 3 is 1.92 bits per heavy atom. The number of hydrogen-bond donors (Lipinski definition) is 1. The highest BCUT2D eigenvalue weighted by molar-refractivity contribution is 6.02. The quantitative estimate of drug-likeness (QED) is 0.269. The molecule has 0 unspecified atom stereocenters. The molecule has 2 aromatic carbocycles. The number of nitriles is 1. The van der Waals surface area contributed by atoms with Gasteiger partial charge >= 0.3 is 11.9 Å². The van der Waals surface area contributed by atoms with Crippen molar-refractivity contribution < 1.29 is 33.4 Å². The zero-order valence-corrected chi connectivity index (χ0v) is 21.9. The minimum absolute atomic E-state index is 0.0271. The number of nitrogens with one attached hydrogen (secondary N) is 1. The van der Waals surface area contributed by atoms with Gasteiger partial charge in [0.25, 0.3) is 11.8 Å². The first kappa shape index (κ1) is 29.7. The molecule has 2 aromatic rings. The topological polar surface area (TPSA) is 143 Å². The number of ether oxygens (including phenoxy) is 2. The molecule has 10 nitrogen and oxygen atoms in total. The number of hydrogen-bond acceptors (Lipinski definition) is 8. The van der Waals surface area contributed by atoms with E-state index in [9.17, 15) is 24.0 Å². The van der Waals surface area contributed by atoms with E-state index in [4.69, 9.17) is 14.7 Å². The molecule has 0 bridgehead atoms. The maximum atomic E-state index is 13.2. The van der Waals surface area contributed by atoms with E-state index in [1.807, 2.05) is 0 Å². The van der Waals surface area contributed by atoms with E-state index in [0.29, 0.717) is 5.75 Å². The molecule has 0 spiro atoms.